The summed E-state index contributed by atoms with van der Waals surface area (Å²) >= 11 is 0. The van der Waals surface area contributed by atoms with E-state index in [-0.39, 0.29) is 19.8 Å². The zero-order valence-corrected chi connectivity index (χ0v) is 8.00. The molecule has 0 aromatic carbocycles. The van der Waals surface area contributed by atoms with E-state index in [0.717, 1.165) is 0 Å². The zero-order chi connectivity index (χ0) is 12.3. The van der Waals surface area contributed by atoms with Gasteiger partial charge in [-0.05, 0) is 6.42 Å². The van der Waals surface area contributed by atoms with Crippen molar-refractivity contribution >= 4 is 0 Å². The normalized spacial score (nSPS) is 14.4. The first-order valence-corrected chi connectivity index (χ1v) is 4.13. The molecule has 1 nitrogen and oxygen atoms in total. The van der Waals surface area contributed by atoms with Crippen molar-refractivity contribution in [3.05, 3.63) is 6.92 Å². The highest BCUT2D eigenvalue weighted by Gasteiger charge is 2.70. The van der Waals surface area contributed by atoms with Crippen LogP contribution < -0.4 is 0 Å². The molecule has 0 aliphatic rings. The third-order valence-corrected chi connectivity index (χ3v) is 1.59. The molecule has 7 heteroatoms. The Balaban J connectivity index is 4.56. The number of alkyl halides is 6. The summed E-state index contributed by atoms with van der Waals surface area (Å²) in [6.45, 7) is 2.22. The van der Waals surface area contributed by atoms with Gasteiger partial charge in [0.15, 0.2) is 0 Å². The van der Waals surface area contributed by atoms with Crippen LogP contribution >= 0.6 is 0 Å². The van der Waals surface area contributed by atoms with Gasteiger partial charge in [-0.2, -0.15) is 26.3 Å². The Morgan fingerprint density at radius 1 is 1.07 bits per heavy atom. The summed E-state index contributed by atoms with van der Waals surface area (Å²) in [5.74, 6) is -10.4. The van der Waals surface area contributed by atoms with Crippen LogP contribution in [-0.4, -0.2) is 24.6 Å². The fourth-order valence-corrected chi connectivity index (χ4v) is 0.649. The molecule has 0 atom stereocenters. The van der Waals surface area contributed by atoms with Gasteiger partial charge in [0, 0.05) is 6.92 Å². The van der Waals surface area contributed by atoms with Crippen LogP contribution in [0.1, 0.15) is 19.8 Å². The molecule has 15 heavy (non-hydrogen) atoms. The molecule has 0 aliphatic carbocycles. The van der Waals surface area contributed by atoms with Crippen molar-refractivity contribution in [2.45, 2.75) is 37.7 Å². The summed E-state index contributed by atoms with van der Waals surface area (Å²) in [4.78, 5) is 0. The maximum atomic E-state index is 12.5. The van der Waals surface area contributed by atoms with Crippen molar-refractivity contribution in [2.75, 3.05) is 6.61 Å². The fourth-order valence-electron chi connectivity index (χ4n) is 0.649. The van der Waals surface area contributed by atoms with Gasteiger partial charge >= 0.3 is 18.0 Å². The molecule has 0 N–H and O–H groups in total. The Hall–Kier alpha value is -0.460. The minimum atomic E-state index is -5.53. The smallest absolute Gasteiger partial charge is 0.316 e. The SMILES string of the molecule is [CH2]CCCOC(F)(F)C(F)(F)C(C)(F)F. The lowest BCUT2D eigenvalue weighted by molar-refractivity contribution is -0.394. The number of halogens is 6. The summed E-state index contributed by atoms with van der Waals surface area (Å²) in [5.41, 5.74) is 0. The van der Waals surface area contributed by atoms with E-state index in [1.54, 1.807) is 0 Å². The van der Waals surface area contributed by atoms with Gasteiger partial charge in [0.25, 0.3) is 0 Å². The van der Waals surface area contributed by atoms with Crippen LogP contribution in [0.3, 0.4) is 0 Å². The highest BCUT2D eigenvalue weighted by molar-refractivity contribution is 4.88. The fraction of sp³-hybridized carbons (Fsp3) is 0.875. The molecule has 0 saturated carbocycles. The largest absolute Gasteiger partial charge is 0.425 e. The van der Waals surface area contributed by atoms with E-state index < -0.39 is 24.6 Å². The lowest BCUT2D eigenvalue weighted by atomic mass is 10.2. The first-order chi connectivity index (χ1) is 6.56. The van der Waals surface area contributed by atoms with E-state index in [1.807, 2.05) is 0 Å². The van der Waals surface area contributed by atoms with Crippen LogP contribution in [0.4, 0.5) is 26.3 Å². The number of hydrogen-bond donors (Lipinski definition) is 0. The van der Waals surface area contributed by atoms with Crippen LogP contribution in [-0.2, 0) is 4.74 Å². The molecule has 0 heterocycles. The number of rotatable bonds is 6. The monoisotopic (exact) mass is 237 g/mol. The van der Waals surface area contributed by atoms with Crippen molar-refractivity contribution in [3.63, 3.8) is 0 Å². The van der Waals surface area contributed by atoms with Crippen LogP contribution in [0.2, 0.25) is 0 Å². The number of ether oxygens (including phenoxy) is 1. The Morgan fingerprint density at radius 2 is 1.53 bits per heavy atom. The van der Waals surface area contributed by atoms with Crippen LogP contribution in [0.15, 0.2) is 0 Å². The van der Waals surface area contributed by atoms with Gasteiger partial charge in [0.05, 0.1) is 6.61 Å². The van der Waals surface area contributed by atoms with E-state index in [0.29, 0.717) is 0 Å². The van der Waals surface area contributed by atoms with Gasteiger partial charge in [-0.3, -0.25) is 0 Å². The second-order valence-electron chi connectivity index (χ2n) is 3.04. The van der Waals surface area contributed by atoms with Crippen LogP contribution in [0, 0.1) is 6.92 Å². The quantitative estimate of drug-likeness (QED) is 0.507. The van der Waals surface area contributed by atoms with E-state index >= 15 is 0 Å². The Labute approximate surface area is 83.4 Å². The third-order valence-electron chi connectivity index (χ3n) is 1.59. The van der Waals surface area contributed by atoms with Gasteiger partial charge in [-0.15, -0.1) is 0 Å². The summed E-state index contributed by atoms with van der Waals surface area (Å²) in [6, 6.07) is 0. The average Bonchev–Trinajstić information content (AvgIpc) is 2.02. The summed E-state index contributed by atoms with van der Waals surface area (Å²) in [6.07, 6.45) is -5.01. The minimum Gasteiger partial charge on any atom is -0.316 e. The molecule has 0 spiro atoms. The molecule has 0 aromatic rings. The second-order valence-corrected chi connectivity index (χ2v) is 3.04. The molecule has 1 radical (unpaired) electrons. The second kappa shape index (κ2) is 4.59. The lowest BCUT2D eigenvalue weighted by Gasteiger charge is -2.30. The molecule has 0 amide bonds. The van der Waals surface area contributed by atoms with Crippen LogP contribution in [0.25, 0.3) is 0 Å². The van der Waals surface area contributed by atoms with Gasteiger partial charge in [-0.25, -0.2) is 0 Å². The standard InChI is InChI=1S/C8H11F6O/c1-3-4-5-15-8(13,14)7(11,12)6(2,9)10/h1,3-5H2,2H3. The van der Waals surface area contributed by atoms with Crippen molar-refractivity contribution in [1.29, 1.82) is 0 Å². The average molecular weight is 237 g/mol. The molecule has 0 unspecified atom stereocenters. The molecule has 0 aliphatic heterocycles. The van der Waals surface area contributed by atoms with Gasteiger partial charge < -0.3 is 4.74 Å². The highest BCUT2D eigenvalue weighted by Crippen LogP contribution is 2.45. The number of hydrogen-bond acceptors (Lipinski definition) is 1. The highest BCUT2D eigenvalue weighted by atomic mass is 19.3. The van der Waals surface area contributed by atoms with Crippen molar-refractivity contribution in [1.82, 2.24) is 0 Å². The summed E-state index contributed by atoms with van der Waals surface area (Å²) in [7, 11) is 0. The molecular formula is C8H11F6O. The van der Waals surface area contributed by atoms with Crippen LogP contribution in [0.5, 0.6) is 0 Å². The molecule has 0 bridgehead atoms. The molecular weight excluding hydrogens is 226 g/mol. The zero-order valence-electron chi connectivity index (χ0n) is 8.00. The first-order valence-electron chi connectivity index (χ1n) is 4.13. The van der Waals surface area contributed by atoms with Gasteiger partial charge in [0.2, 0.25) is 0 Å². The maximum absolute atomic E-state index is 12.5. The molecule has 0 fully saturated rings. The van der Waals surface area contributed by atoms with Gasteiger partial charge in [-0.1, -0.05) is 13.3 Å². The Bertz CT molecular complexity index is 198. The molecule has 0 rings (SSSR count). The predicted molar refractivity (Wildman–Crippen MR) is 41.1 cm³/mol. The topological polar surface area (TPSA) is 9.23 Å². The minimum absolute atomic E-state index is 0.0129. The lowest BCUT2D eigenvalue weighted by Crippen LogP contribution is -2.54. The van der Waals surface area contributed by atoms with Crippen molar-refractivity contribution in [2.24, 2.45) is 0 Å². The maximum Gasteiger partial charge on any atom is 0.425 e. The molecule has 0 saturated heterocycles. The predicted octanol–water partition coefficient (Wildman–Crippen LogP) is 3.50. The van der Waals surface area contributed by atoms with Gasteiger partial charge in [0.1, 0.15) is 0 Å². The van der Waals surface area contributed by atoms with E-state index in [2.05, 4.69) is 11.7 Å². The first kappa shape index (κ1) is 14.5. The number of unbranched alkanes of at least 4 members (excludes halogenated alkanes) is 1. The van der Waals surface area contributed by atoms with Crippen molar-refractivity contribution in [3.8, 4) is 0 Å². The third kappa shape index (κ3) is 3.25. The van der Waals surface area contributed by atoms with E-state index in [9.17, 15) is 26.3 Å². The van der Waals surface area contributed by atoms with Crippen molar-refractivity contribution < 1.29 is 31.1 Å². The Morgan fingerprint density at radius 3 is 1.87 bits per heavy atom. The molecule has 0 aromatic heterocycles. The summed E-state index contributed by atoms with van der Waals surface area (Å²) < 4.78 is 77.9. The van der Waals surface area contributed by atoms with E-state index in [4.69, 9.17) is 0 Å². The summed E-state index contributed by atoms with van der Waals surface area (Å²) in [5, 5.41) is 0. The molecule has 91 valence electrons. The van der Waals surface area contributed by atoms with E-state index in [1.165, 1.54) is 0 Å². The Kier molecular flexibility index (Phi) is 4.45.